The van der Waals surface area contributed by atoms with Crippen molar-refractivity contribution in [3.63, 3.8) is 0 Å². The second-order valence-corrected chi connectivity index (χ2v) is 7.91. The van der Waals surface area contributed by atoms with Gasteiger partial charge in [0.2, 0.25) is 0 Å². The van der Waals surface area contributed by atoms with Crippen LogP contribution in [0, 0.1) is 6.92 Å². The fourth-order valence-corrected chi connectivity index (χ4v) is 3.90. The highest BCUT2D eigenvalue weighted by molar-refractivity contribution is 7.16. The molecule has 0 spiro atoms. The number of methoxy groups -OCH3 is 1. The molecule has 1 unspecified atom stereocenters. The molecule has 0 aliphatic rings. The number of ether oxygens (including phenoxy) is 2. The molecule has 0 aliphatic heterocycles. The number of thiazole rings is 1. The quantitative estimate of drug-likeness (QED) is 0.419. The number of fused-ring (bicyclic) bond motifs is 1. The Morgan fingerprint density at radius 2 is 2.03 bits per heavy atom. The van der Waals surface area contributed by atoms with Crippen LogP contribution in [-0.2, 0) is 9.53 Å². The number of carbonyl (C=O) groups excluding carboxylic acids is 1. The molecule has 2 aromatic heterocycles. The summed E-state index contributed by atoms with van der Waals surface area (Å²) in [4.78, 5) is 24.8. The van der Waals surface area contributed by atoms with E-state index in [4.69, 9.17) is 4.74 Å². The molecule has 8 heteroatoms. The molecule has 1 N–H and O–H groups in total. The Morgan fingerprint density at radius 1 is 1.16 bits per heavy atom. The number of benzene rings is 2. The Morgan fingerprint density at radius 3 is 2.87 bits per heavy atom. The lowest BCUT2D eigenvalue weighted by Gasteiger charge is -2.17. The van der Waals surface area contributed by atoms with E-state index in [2.05, 4.69) is 31.1 Å². The first-order chi connectivity index (χ1) is 15.0. The van der Waals surface area contributed by atoms with Crippen molar-refractivity contribution in [2.45, 2.75) is 19.9 Å². The maximum Gasteiger partial charge on any atom is 0.343 e. The van der Waals surface area contributed by atoms with Crippen molar-refractivity contribution in [3.8, 4) is 17.0 Å². The minimum Gasteiger partial charge on any atom is -0.482 e. The SMILES string of the molecule is COC(=O)COc1cccc(C(C)Nc2cc(-c3ccc4ncsc4c3)nc(C)n2)c1. The summed E-state index contributed by atoms with van der Waals surface area (Å²) in [5.41, 5.74) is 5.72. The van der Waals surface area contributed by atoms with Gasteiger partial charge in [-0.05, 0) is 43.7 Å². The lowest BCUT2D eigenvalue weighted by molar-refractivity contribution is -0.142. The van der Waals surface area contributed by atoms with Gasteiger partial charge in [-0.15, -0.1) is 11.3 Å². The maximum atomic E-state index is 11.3. The van der Waals surface area contributed by atoms with E-state index in [0.717, 1.165) is 32.9 Å². The lowest BCUT2D eigenvalue weighted by atomic mass is 10.1. The largest absolute Gasteiger partial charge is 0.482 e. The average Bonchev–Trinajstić information content (AvgIpc) is 3.25. The van der Waals surface area contributed by atoms with Crippen LogP contribution in [0.3, 0.4) is 0 Å². The summed E-state index contributed by atoms with van der Waals surface area (Å²) in [7, 11) is 1.33. The van der Waals surface area contributed by atoms with Crippen molar-refractivity contribution < 1.29 is 14.3 Å². The smallest absolute Gasteiger partial charge is 0.343 e. The van der Waals surface area contributed by atoms with Crippen molar-refractivity contribution in [3.05, 3.63) is 65.4 Å². The third-order valence-electron chi connectivity index (χ3n) is 4.77. The van der Waals surface area contributed by atoms with Crippen LogP contribution in [-0.4, -0.2) is 34.6 Å². The van der Waals surface area contributed by atoms with Gasteiger partial charge in [0.1, 0.15) is 17.4 Å². The summed E-state index contributed by atoms with van der Waals surface area (Å²) in [6.07, 6.45) is 0. The first-order valence-electron chi connectivity index (χ1n) is 9.77. The number of hydrogen-bond acceptors (Lipinski definition) is 8. The van der Waals surface area contributed by atoms with E-state index in [1.165, 1.54) is 7.11 Å². The number of esters is 1. The summed E-state index contributed by atoms with van der Waals surface area (Å²) in [6, 6.07) is 15.6. The lowest BCUT2D eigenvalue weighted by Crippen LogP contribution is -2.13. The minimum absolute atomic E-state index is 0.0344. The number of anilines is 1. The van der Waals surface area contributed by atoms with Crippen molar-refractivity contribution in [2.75, 3.05) is 19.0 Å². The van der Waals surface area contributed by atoms with Crippen LogP contribution in [0.4, 0.5) is 5.82 Å². The monoisotopic (exact) mass is 434 g/mol. The van der Waals surface area contributed by atoms with Gasteiger partial charge in [-0.3, -0.25) is 0 Å². The van der Waals surface area contributed by atoms with Crippen LogP contribution in [0.1, 0.15) is 24.4 Å². The number of hydrogen-bond donors (Lipinski definition) is 1. The van der Waals surface area contributed by atoms with Gasteiger partial charge in [0, 0.05) is 11.6 Å². The van der Waals surface area contributed by atoms with Gasteiger partial charge >= 0.3 is 5.97 Å². The number of aromatic nitrogens is 3. The first kappa shape index (κ1) is 20.7. The summed E-state index contributed by atoms with van der Waals surface area (Å²) in [6.45, 7) is 3.80. The molecular formula is C23H22N4O3S. The minimum atomic E-state index is -0.419. The molecule has 7 nitrogen and oxygen atoms in total. The van der Waals surface area contributed by atoms with Crippen molar-refractivity contribution >= 4 is 33.3 Å². The van der Waals surface area contributed by atoms with E-state index < -0.39 is 5.97 Å². The fourth-order valence-electron chi connectivity index (χ4n) is 3.18. The van der Waals surface area contributed by atoms with Crippen LogP contribution in [0.2, 0.25) is 0 Å². The number of carbonyl (C=O) groups is 1. The third kappa shape index (κ3) is 4.97. The van der Waals surface area contributed by atoms with E-state index in [1.54, 1.807) is 11.3 Å². The van der Waals surface area contributed by atoms with Crippen molar-refractivity contribution in [1.82, 2.24) is 15.0 Å². The van der Waals surface area contributed by atoms with E-state index in [0.29, 0.717) is 11.6 Å². The number of nitrogens with one attached hydrogen (secondary N) is 1. The second-order valence-electron chi connectivity index (χ2n) is 7.02. The predicted octanol–water partition coefficient (Wildman–Crippen LogP) is 4.79. The molecule has 0 radical (unpaired) electrons. The molecule has 1 atom stereocenters. The molecule has 0 aliphatic carbocycles. The topological polar surface area (TPSA) is 86.2 Å². The Bertz CT molecular complexity index is 1220. The van der Waals surface area contributed by atoms with Crippen LogP contribution in [0.15, 0.2) is 54.0 Å². The summed E-state index contributed by atoms with van der Waals surface area (Å²) >= 11 is 1.61. The molecule has 4 aromatic rings. The highest BCUT2D eigenvalue weighted by Gasteiger charge is 2.11. The van der Waals surface area contributed by atoms with E-state index in [1.807, 2.05) is 61.8 Å². The average molecular weight is 435 g/mol. The zero-order valence-corrected chi connectivity index (χ0v) is 18.3. The van der Waals surface area contributed by atoms with Gasteiger partial charge in [-0.2, -0.15) is 0 Å². The van der Waals surface area contributed by atoms with E-state index in [-0.39, 0.29) is 12.6 Å². The molecule has 158 valence electrons. The van der Waals surface area contributed by atoms with Crippen LogP contribution in [0.25, 0.3) is 21.5 Å². The zero-order valence-electron chi connectivity index (χ0n) is 17.5. The molecule has 0 amide bonds. The third-order valence-corrected chi connectivity index (χ3v) is 5.56. The summed E-state index contributed by atoms with van der Waals surface area (Å²) < 4.78 is 11.2. The van der Waals surface area contributed by atoms with Crippen molar-refractivity contribution in [2.24, 2.45) is 0 Å². The zero-order chi connectivity index (χ0) is 21.8. The predicted molar refractivity (Wildman–Crippen MR) is 121 cm³/mol. The molecule has 0 fully saturated rings. The van der Waals surface area contributed by atoms with Gasteiger partial charge in [-0.1, -0.05) is 18.2 Å². The molecular weight excluding hydrogens is 412 g/mol. The van der Waals surface area contributed by atoms with Crippen molar-refractivity contribution in [1.29, 1.82) is 0 Å². The molecule has 0 bridgehead atoms. The highest BCUT2D eigenvalue weighted by Crippen LogP contribution is 2.28. The van der Waals surface area contributed by atoms with Gasteiger partial charge in [0.05, 0.1) is 34.6 Å². The Kier molecular flexibility index (Phi) is 6.08. The Balaban J connectivity index is 1.53. The van der Waals surface area contributed by atoms with Gasteiger partial charge in [-0.25, -0.2) is 19.7 Å². The van der Waals surface area contributed by atoms with Crippen LogP contribution < -0.4 is 10.1 Å². The standard InChI is InChI=1S/C23H22N4O3S/c1-14(16-5-4-6-18(9-16)30-12-23(28)29-3)25-22-11-20(26-15(2)27-22)17-7-8-19-21(10-17)31-13-24-19/h4-11,13-14H,12H2,1-3H3,(H,25,26,27). The van der Waals surface area contributed by atoms with E-state index in [9.17, 15) is 4.79 Å². The van der Waals surface area contributed by atoms with Crippen LogP contribution >= 0.6 is 11.3 Å². The number of rotatable bonds is 7. The van der Waals surface area contributed by atoms with E-state index >= 15 is 0 Å². The normalized spacial score (nSPS) is 11.8. The molecule has 0 saturated carbocycles. The Labute approximate surface area is 184 Å². The number of aryl methyl sites for hydroxylation is 1. The first-order valence-corrected chi connectivity index (χ1v) is 10.7. The van der Waals surface area contributed by atoms with Gasteiger partial charge in [0.15, 0.2) is 6.61 Å². The molecule has 2 heterocycles. The highest BCUT2D eigenvalue weighted by atomic mass is 32.1. The Hall–Kier alpha value is -3.52. The molecule has 2 aromatic carbocycles. The number of nitrogens with zero attached hydrogens (tertiary/aromatic N) is 3. The molecule has 31 heavy (non-hydrogen) atoms. The second kappa shape index (κ2) is 9.09. The maximum absolute atomic E-state index is 11.3. The van der Waals surface area contributed by atoms with Crippen LogP contribution in [0.5, 0.6) is 5.75 Å². The van der Waals surface area contributed by atoms with Gasteiger partial charge < -0.3 is 14.8 Å². The summed E-state index contributed by atoms with van der Waals surface area (Å²) in [5.74, 6) is 1.61. The molecule has 0 saturated heterocycles. The fraction of sp³-hybridized carbons (Fsp3) is 0.217. The summed E-state index contributed by atoms with van der Waals surface area (Å²) in [5, 5.41) is 3.44. The molecule has 4 rings (SSSR count). The van der Waals surface area contributed by atoms with Gasteiger partial charge in [0.25, 0.3) is 0 Å².